The zero-order valence-electron chi connectivity index (χ0n) is 19.0. The van der Waals surface area contributed by atoms with Crippen LogP contribution in [-0.4, -0.2) is 52.5 Å². The average Bonchev–Trinajstić information content (AvgIpc) is 3.48. The summed E-state index contributed by atoms with van der Waals surface area (Å²) in [5, 5.41) is 3.50. The molecule has 0 spiro atoms. The van der Waals surface area contributed by atoms with Crippen LogP contribution in [0.2, 0.25) is 0 Å². The number of hydrogen-bond acceptors (Lipinski definition) is 6. The van der Waals surface area contributed by atoms with E-state index in [0.717, 1.165) is 18.4 Å². The molecule has 0 radical (unpaired) electrons. The number of ether oxygens (including phenoxy) is 2. The van der Waals surface area contributed by atoms with Crippen molar-refractivity contribution in [2.24, 2.45) is 0 Å². The summed E-state index contributed by atoms with van der Waals surface area (Å²) in [5.41, 5.74) is 2.09. The molecule has 0 atom stereocenters. The molecule has 4 rings (SSSR count). The van der Waals surface area contributed by atoms with Crippen molar-refractivity contribution in [3.8, 4) is 11.5 Å². The number of sulfonamides is 1. The Morgan fingerprint density at radius 3 is 2.48 bits per heavy atom. The second-order valence-electron chi connectivity index (χ2n) is 8.02. The van der Waals surface area contributed by atoms with Gasteiger partial charge in [-0.15, -0.1) is 0 Å². The molecule has 1 fully saturated rings. The lowest BCUT2D eigenvalue weighted by Crippen LogP contribution is -2.27. The Bertz CT molecular complexity index is 1280. The summed E-state index contributed by atoms with van der Waals surface area (Å²) >= 11 is 0. The summed E-state index contributed by atoms with van der Waals surface area (Å²) in [7, 11) is -0.381. The van der Waals surface area contributed by atoms with Crippen molar-refractivity contribution < 1.29 is 27.1 Å². The number of nitrogens with zero attached hydrogens (tertiary/aromatic N) is 1. The molecule has 8 nitrogen and oxygen atoms in total. The molecule has 1 aliphatic heterocycles. The van der Waals surface area contributed by atoms with Crippen LogP contribution >= 0.6 is 0 Å². The number of carbonyl (C=O) groups excluding carboxylic acids is 1. The van der Waals surface area contributed by atoms with Gasteiger partial charge in [0.1, 0.15) is 5.58 Å². The Morgan fingerprint density at radius 1 is 1.06 bits per heavy atom. The highest BCUT2D eigenvalue weighted by atomic mass is 32.2. The monoisotopic (exact) mass is 472 g/mol. The molecule has 3 aromatic rings. The van der Waals surface area contributed by atoms with Crippen molar-refractivity contribution in [3.63, 3.8) is 0 Å². The van der Waals surface area contributed by atoms with Crippen LogP contribution < -0.4 is 14.8 Å². The zero-order chi connectivity index (χ0) is 23.6. The lowest BCUT2D eigenvalue weighted by Gasteiger charge is -2.15. The smallest absolute Gasteiger partial charge is 0.287 e. The lowest BCUT2D eigenvalue weighted by molar-refractivity contribution is 0.0927. The number of benzene rings is 2. The van der Waals surface area contributed by atoms with Gasteiger partial charge in [0.05, 0.1) is 19.1 Å². The van der Waals surface area contributed by atoms with Crippen LogP contribution in [0, 0.1) is 6.92 Å². The fourth-order valence-electron chi connectivity index (χ4n) is 4.09. The van der Waals surface area contributed by atoms with Crippen molar-refractivity contribution >= 4 is 26.9 Å². The highest BCUT2D eigenvalue weighted by Gasteiger charge is 2.28. The highest BCUT2D eigenvalue weighted by Crippen LogP contribution is 2.30. The Balaban J connectivity index is 1.48. The van der Waals surface area contributed by atoms with E-state index < -0.39 is 10.0 Å². The third kappa shape index (κ3) is 4.56. The topological polar surface area (TPSA) is 98.1 Å². The highest BCUT2D eigenvalue weighted by molar-refractivity contribution is 7.89. The fraction of sp³-hybridized carbons (Fsp3) is 0.375. The van der Waals surface area contributed by atoms with E-state index in [1.807, 2.05) is 18.2 Å². The van der Waals surface area contributed by atoms with Gasteiger partial charge in [-0.2, -0.15) is 4.31 Å². The third-order valence-corrected chi connectivity index (χ3v) is 7.86. The number of fused-ring (bicyclic) bond motifs is 1. The molecule has 1 amide bonds. The zero-order valence-corrected chi connectivity index (χ0v) is 19.8. The van der Waals surface area contributed by atoms with E-state index in [1.165, 1.54) is 10.4 Å². The van der Waals surface area contributed by atoms with Crippen LogP contribution in [0.25, 0.3) is 11.0 Å². The van der Waals surface area contributed by atoms with E-state index in [0.29, 0.717) is 54.1 Å². The van der Waals surface area contributed by atoms with Gasteiger partial charge in [-0.25, -0.2) is 8.42 Å². The molecule has 0 bridgehead atoms. The van der Waals surface area contributed by atoms with Gasteiger partial charge in [-0.05, 0) is 62.1 Å². The summed E-state index contributed by atoms with van der Waals surface area (Å²) in [6.45, 7) is 3.25. The first-order chi connectivity index (χ1) is 15.8. The van der Waals surface area contributed by atoms with Gasteiger partial charge in [0, 0.05) is 30.6 Å². The molecule has 9 heteroatoms. The minimum absolute atomic E-state index is 0.188. The molecular weight excluding hydrogens is 444 g/mol. The summed E-state index contributed by atoms with van der Waals surface area (Å²) in [5.74, 6) is 1.13. The Morgan fingerprint density at radius 2 is 1.79 bits per heavy atom. The van der Waals surface area contributed by atoms with Gasteiger partial charge in [0.2, 0.25) is 10.0 Å². The molecular formula is C24H28N2O6S. The maximum absolute atomic E-state index is 12.9. The number of amides is 1. The van der Waals surface area contributed by atoms with Crippen LogP contribution in [0.3, 0.4) is 0 Å². The molecule has 2 heterocycles. The summed E-state index contributed by atoms with van der Waals surface area (Å²) < 4.78 is 43.6. The van der Waals surface area contributed by atoms with Gasteiger partial charge in [0.25, 0.3) is 5.91 Å². The SMILES string of the molecule is COc1ccc(CCNC(=O)c2oc3ccc(S(=O)(=O)N4CCCC4)cc3c2C)cc1OC. The third-order valence-electron chi connectivity index (χ3n) is 5.96. The molecule has 33 heavy (non-hydrogen) atoms. The van der Waals surface area contributed by atoms with E-state index in [9.17, 15) is 13.2 Å². The van der Waals surface area contributed by atoms with E-state index in [4.69, 9.17) is 13.9 Å². The molecule has 176 valence electrons. The van der Waals surface area contributed by atoms with E-state index in [1.54, 1.807) is 33.3 Å². The molecule has 1 N–H and O–H groups in total. The van der Waals surface area contributed by atoms with Gasteiger partial charge < -0.3 is 19.2 Å². The van der Waals surface area contributed by atoms with Crippen molar-refractivity contribution in [1.29, 1.82) is 0 Å². The maximum atomic E-state index is 12.9. The number of carbonyl (C=O) groups is 1. The molecule has 0 saturated carbocycles. The van der Waals surface area contributed by atoms with Crippen LogP contribution in [-0.2, 0) is 16.4 Å². The Hall–Kier alpha value is -3.04. The van der Waals surface area contributed by atoms with Crippen molar-refractivity contribution in [2.45, 2.75) is 31.1 Å². The van der Waals surface area contributed by atoms with Gasteiger partial charge in [-0.3, -0.25) is 4.79 Å². The number of methoxy groups -OCH3 is 2. The second kappa shape index (κ2) is 9.44. The molecule has 1 aromatic heterocycles. The minimum atomic E-state index is -3.54. The fourth-order valence-corrected chi connectivity index (χ4v) is 5.64. The first-order valence-corrected chi connectivity index (χ1v) is 12.3. The molecule has 1 saturated heterocycles. The van der Waals surface area contributed by atoms with Crippen molar-refractivity contribution in [3.05, 3.63) is 53.3 Å². The molecule has 0 unspecified atom stereocenters. The molecule has 1 aliphatic rings. The number of furan rings is 1. The quantitative estimate of drug-likeness (QED) is 0.539. The minimum Gasteiger partial charge on any atom is -0.493 e. The van der Waals surface area contributed by atoms with Crippen LogP contribution in [0.5, 0.6) is 11.5 Å². The Kier molecular flexibility index (Phi) is 6.62. The van der Waals surface area contributed by atoms with Gasteiger partial charge >= 0.3 is 0 Å². The van der Waals surface area contributed by atoms with Crippen LogP contribution in [0.15, 0.2) is 45.7 Å². The summed E-state index contributed by atoms with van der Waals surface area (Å²) in [6.07, 6.45) is 2.35. The van der Waals surface area contributed by atoms with Gasteiger partial charge in [-0.1, -0.05) is 6.07 Å². The largest absolute Gasteiger partial charge is 0.493 e. The number of aryl methyl sites for hydroxylation is 1. The van der Waals surface area contributed by atoms with Gasteiger partial charge in [0.15, 0.2) is 17.3 Å². The normalized spacial score (nSPS) is 14.5. The van der Waals surface area contributed by atoms with E-state index in [2.05, 4.69) is 5.32 Å². The number of hydrogen-bond donors (Lipinski definition) is 1. The second-order valence-corrected chi connectivity index (χ2v) is 9.96. The Labute approximate surface area is 193 Å². The van der Waals surface area contributed by atoms with Crippen molar-refractivity contribution in [1.82, 2.24) is 9.62 Å². The van der Waals surface area contributed by atoms with Crippen LogP contribution in [0.4, 0.5) is 0 Å². The number of rotatable bonds is 8. The van der Waals surface area contributed by atoms with E-state index >= 15 is 0 Å². The molecule has 2 aromatic carbocycles. The first kappa shape index (κ1) is 23.1. The standard InChI is InChI=1S/C24H28N2O6S/c1-16-19-15-18(33(28,29)26-12-4-5-13-26)7-9-20(19)32-23(16)24(27)25-11-10-17-6-8-21(30-2)22(14-17)31-3/h6-9,14-15H,4-5,10-13H2,1-3H3,(H,25,27). The van der Waals surface area contributed by atoms with Crippen molar-refractivity contribution in [2.75, 3.05) is 33.9 Å². The number of nitrogens with one attached hydrogen (secondary N) is 1. The van der Waals surface area contributed by atoms with E-state index in [-0.39, 0.29) is 16.6 Å². The maximum Gasteiger partial charge on any atom is 0.287 e. The summed E-state index contributed by atoms with van der Waals surface area (Å²) in [4.78, 5) is 13.0. The predicted octanol–water partition coefficient (Wildman–Crippen LogP) is 3.52. The average molecular weight is 473 g/mol. The lowest BCUT2D eigenvalue weighted by atomic mass is 10.1. The summed E-state index contributed by atoms with van der Waals surface area (Å²) in [6, 6.07) is 10.4. The van der Waals surface area contributed by atoms with Crippen LogP contribution in [0.1, 0.15) is 34.5 Å². The first-order valence-electron chi connectivity index (χ1n) is 10.9. The predicted molar refractivity (Wildman–Crippen MR) is 125 cm³/mol. The molecule has 0 aliphatic carbocycles.